The van der Waals surface area contributed by atoms with Crippen molar-refractivity contribution in [2.24, 2.45) is 0 Å². The van der Waals surface area contributed by atoms with Crippen LogP contribution in [0.1, 0.15) is 30.0 Å². The lowest BCUT2D eigenvalue weighted by atomic mass is 10.1. The van der Waals surface area contributed by atoms with E-state index in [1.165, 1.54) is 0 Å². The maximum atomic E-state index is 12.1. The molecule has 0 radical (unpaired) electrons. The van der Waals surface area contributed by atoms with Crippen molar-refractivity contribution in [3.63, 3.8) is 0 Å². The smallest absolute Gasteiger partial charge is 0.256 e. The maximum Gasteiger partial charge on any atom is 0.256 e. The molecule has 1 aromatic heterocycles. The molecule has 2 rings (SSSR count). The number of anilines is 1. The number of aromatic amines is 1. The number of H-pyrrole nitrogens is 1. The second-order valence-corrected chi connectivity index (χ2v) is 5.96. The first-order valence-electron chi connectivity index (χ1n) is 6.17. The average Bonchev–Trinajstić information content (AvgIpc) is 2.32. The van der Waals surface area contributed by atoms with E-state index >= 15 is 0 Å². The minimum atomic E-state index is -0.196. The summed E-state index contributed by atoms with van der Waals surface area (Å²) in [5.74, 6) is 0.615. The van der Waals surface area contributed by atoms with E-state index in [1.54, 1.807) is 13.0 Å². The third kappa shape index (κ3) is 3.22. The van der Waals surface area contributed by atoms with Gasteiger partial charge in [0.2, 0.25) is 0 Å². The molecule has 20 heavy (non-hydrogen) atoms. The van der Waals surface area contributed by atoms with Gasteiger partial charge in [0.05, 0.1) is 28.0 Å². The lowest BCUT2D eigenvalue weighted by Crippen LogP contribution is -2.23. The zero-order valence-corrected chi connectivity index (χ0v) is 13.8. The molecule has 1 aromatic carbocycles. The van der Waals surface area contributed by atoms with Crippen molar-refractivity contribution in [2.45, 2.75) is 26.8 Å². The summed E-state index contributed by atoms with van der Waals surface area (Å²) in [4.78, 5) is 19.1. The van der Waals surface area contributed by atoms with Gasteiger partial charge in [0.25, 0.3) is 5.56 Å². The van der Waals surface area contributed by atoms with Gasteiger partial charge < -0.3 is 10.3 Å². The molecule has 1 atom stereocenters. The Bertz CT molecular complexity index is 699. The molecule has 0 amide bonds. The highest BCUT2D eigenvalue weighted by atomic mass is 79.9. The summed E-state index contributed by atoms with van der Waals surface area (Å²) in [6.45, 7) is 5.51. The number of halogens is 2. The molecule has 1 heterocycles. The molecule has 0 spiro atoms. The number of nitrogens with one attached hydrogen (secondary N) is 2. The minimum Gasteiger partial charge on any atom is -0.377 e. The van der Waals surface area contributed by atoms with Gasteiger partial charge in [-0.05, 0) is 39.0 Å². The van der Waals surface area contributed by atoms with Crippen molar-refractivity contribution < 1.29 is 0 Å². The Hall–Kier alpha value is -1.33. The van der Waals surface area contributed by atoms with Crippen LogP contribution in [0.4, 0.5) is 5.69 Å². The summed E-state index contributed by atoms with van der Waals surface area (Å²) in [7, 11) is 0. The van der Waals surface area contributed by atoms with Crippen LogP contribution in [0.5, 0.6) is 0 Å². The fraction of sp³-hybridized carbons (Fsp3) is 0.286. The Morgan fingerprint density at radius 2 is 2.10 bits per heavy atom. The van der Waals surface area contributed by atoms with Crippen LogP contribution in [0, 0.1) is 13.8 Å². The van der Waals surface area contributed by atoms with Crippen LogP contribution in [0.3, 0.4) is 0 Å². The van der Waals surface area contributed by atoms with Gasteiger partial charge in [0.1, 0.15) is 5.82 Å². The number of benzene rings is 1. The minimum absolute atomic E-state index is 0.124. The number of aromatic nitrogens is 2. The highest BCUT2D eigenvalue weighted by molar-refractivity contribution is 9.10. The van der Waals surface area contributed by atoms with Gasteiger partial charge >= 0.3 is 0 Å². The van der Waals surface area contributed by atoms with Crippen LogP contribution in [0.15, 0.2) is 27.5 Å². The molecule has 0 aliphatic rings. The normalized spacial score (nSPS) is 12.2. The topological polar surface area (TPSA) is 57.8 Å². The molecule has 2 aromatic rings. The summed E-state index contributed by atoms with van der Waals surface area (Å²) in [6, 6.07) is 5.34. The second-order valence-electron chi connectivity index (χ2n) is 4.64. The fourth-order valence-corrected chi connectivity index (χ4v) is 2.69. The molecule has 106 valence electrons. The summed E-state index contributed by atoms with van der Waals surface area (Å²) >= 11 is 9.55. The summed E-state index contributed by atoms with van der Waals surface area (Å²) in [5, 5.41) is 3.85. The van der Waals surface area contributed by atoms with Gasteiger partial charge in [-0.15, -0.1) is 0 Å². The summed E-state index contributed by atoms with van der Waals surface area (Å²) in [6.07, 6.45) is 0. The molecule has 0 fully saturated rings. The van der Waals surface area contributed by atoms with Gasteiger partial charge in [0, 0.05) is 4.47 Å². The van der Waals surface area contributed by atoms with Crippen LogP contribution < -0.4 is 10.9 Å². The van der Waals surface area contributed by atoms with Crippen LogP contribution in [-0.4, -0.2) is 9.97 Å². The molecule has 0 saturated heterocycles. The number of hydrogen-bond donors (Lipinski definition) is 2. The molecule has 4 nitrogen and oxygen atoms in total. The van der Waals surface area contributed by atoms with E-state index in [9.17, 15) is 4.79 Å². The Balaban J connectivity index is 2.36. The maximum absolute atomic E-state index is 12.1. The third-order valence-electron chi connectivity index (χ3n) is 3.00. The zero-order valence-electron chi connectivity index (χ0n) is 11.4. The largest absolute Gasteiger partial charge is 0.377 e. The van der Waals surface area contributed by atoms with Crippen LogP contribution >= 0.6 is 27.5 Å². The standard InChI is InChI=1S/C14H15BrClN3O/c1-7-13(14(20)19-9(3)17-7)8(2)18-12-6-10(15)4-5-11(12)16/h4-6,8,18H,1-3H3,(H,17,19,20). The average molecular weight is 357 g/mol. The number of aryl methyl sites for hydroxylation is 2. The number of rotatable bonds is 3. The molecule has 1 unspecified atom stereocenters. The number of hydrogen-bond acceptors (Lipinski definition) is 3. The molecular weight excluding hydrogens is 342 g/mol. The van der Waals surface area contributed by atoms with E-state index < -0.39 is 0 Å². The second kappa shape index (κ2) is 5.97. The molecule has 6 heteroatoms. The molecule has 0 saturated carbocycles. The molecule has 0 bridgehead atoms. The van der Waals surface area contributed by atoms with Crippen molar-refractivity contribution in [1.82, 2.24) is 9.97 Å². The Morgan fingerprint density at radius 1 is 1.40 bits per heavy atom. The first kappa shape index (κ1) is 15.1. The van der Waals surface area contributed by atoms with Crippen molar-refractivity contribution in [1.29, 1.82) is 0 Å². The highest BCUT2D eigenvalue weighted by Gasteiger charge is 2.15. The van der Waals surface area contributed by atoms with E-state index in [2.05, 4.69) is 31.2 Å². The van der Waals surface area contributed by atoms with E-state index in [0.717, 1.165) is 15.9 Å². The van der Waals surface area contributed by atoms with E-state index in [-0.39, 0.29) is 11.6 Å². The summed E-state index contributed by atoms with van der Waals surface area (Å²) in [5.41, 5.74) is 1.98. The van der Waals surface area contributed by atoms with Crippen molar-refractivity contribution >= 4 is 33.2 Å². The van der Waals surface area contributed by atoms with Gasteiger partial charge in [-0.2, -0.15) is 0 Å². The molecule has 2 N–H and O–H groups in total. The lowest BCUT2D eigenvalue weighted by molar-refractivity contribution is 0.814. The fourth-order valence-electron chi connectivity index (χ4n) is 2.16. The predicted octanol–water partition coefficient (Wildman–Crippen LogP) is 3.98. The Labute approximate surface area is 130 Å². The quantitative estimate of drug-likeness (QED) is 0.874. The first-order chi connectivity index (χ1) is 9.38. The zero-order chi connectivity index (χ0) is 14.9. The van der Waals surface area contributed by atoms with E-state index in [1.807, 2.05) is 26.0 Å². The van der Waals surface area contributed by atoms with Crippen molar-refractivity contribution in [2.75, 3.05) is 5.32 Å². The van der Waals surface area contributed by atoms with Crippen LogP contribution in [-0.2, 0) is 0 Å². The molecule has 0 aliphatic carbocycles. The monoisotopic (exact) mass is 355 g/mol. The van der Waals surface area contributed by atoms with E-state index in [4.69, 9.17) is 11.6 Å². The van der Waals surface area contributed by atoms with Gasteiger partial charge in [-0.25, -0.2) is 4.98 Å². The Morgan fingerprint density at radius 3 is 2.75 bits per heavy atom. The first-order valence-corrected chi connectivity index (χ1v) is 7.34. The van der Waals surface area contributed by atoms with Gasteiger partial charge in [0.15, 0.2) is 0 Å². The SMILES string of the molecule is Cc1nc(C)c(C(C)Nc2cc(Br)ccc2Cl)c(=O)[nH]1. The molecule has 0 aliphatic heterocycles. The number of nitrogens with zero attached hydrogens (tertiary/aromatic N) is 1. The van der Waals surface area contributed by atoms with Crippen LogP contribution in [0.25, 0.3) is 0 Å². The predicted molar refractivity (Wildman–Crippen MR) is 85.5 cm³/mol. The molecular formula is C14H15BrClN3O. The Kier molecular flexibility index (Phi) is 4.50. The summed E-state index contributed by atoms with van der Waals surface area (Å²) < 4.78 is 0.921. The van der Waals surface area contributed by atoms with Gasteiger partial charge in [-0.3, -0.25) is 4.79 Å². The van der Waals surface area contributed by atoms with Crippen molar-refractivity contribution in [3.8, 4) is 0 Å². The highest BCUT2D eigenvalue weighted by Crippen LogP contribution is 2.28. The lowest BCUT2D eigenvalue weighted by Gasteiger charge is -2.17. The van der Waals surface area contributed by atoms with E-state index in [0.29, 0.717) is 16.4 Å². The van der Waals surface area contributed by atoms with Crippen LogP contribution in [0.2, 0.25) is 5.02 Å². The van der Waals surface area contributed by atoms with Gasteiger partial charge in [-0.1, -0.05) is 27.5 Å². The van der Waals surface area contributed by atoms with Crippen molar-refractivity contribution in [3.05, 3.63) is 55.1 Å². The third-order valence-corrected chi connectivity index (χ3v) is 3.82.